The Labute approximate surface area is 163 Å². The van der Waals surface area contributed by atoms with Gasteiger partial charge in [-0.25, -0.2) is 4.79 Å². The van der Waals surface area contributed by atoms with Gasteiger partial charge in [0.25, 0.3) is 0 Å². The van der Waals surface area contributed by atoms with E-state index in [1.807, 2.05) is 4.90 Å². The summed E-state index contributed by atoms with van der Waals surface area (Å²) in [6.45, 7) is 5.74. The summed E-state index contributed by atoms with van der Waals surface area (Å²) in [5, 5.41) is 12.3. The van der Waals surface area contributed by atoms with Crippen LogP contribution in [-0.4, -0.2) is 35.8 Å². The van der Waals surface area contributed by atoms with Crippen molar-refractivity contribution in [1.82, 2.24) is 10.2 Å². The monoisotopic (exact) mass is 373 g/mol. The van der Waals surface area contributed by atoms with E-state index in [2.05, 4.69) is 25.2 Å². The molecule has 5 heteroatoms. The minimum atomic E-state index is -0.464. The third-order valence-corrected chi connectivity index (χ3v) is 7.02. The Bertz CT molecular complexity index is 587. The molecule has 3 aliphatic rings. The molecule has 2 aliphatic carbocycles. The lowest BCUT2D eigenvalue weighted by atomic mass is 9.68. The van der Waals surface area contributed by atoms with Crippen LogP contribution in [0.3, 0.4) is 0 Å². The van der Waals surface area contributed by atoms with E-state index in [1.165, 1.54) is 32.1 Å². The van der Waals surface area contributed by atoms with Gasteiger partial charge in [-0.05, 0) is 56.3 Å². The molecule has 0 aromatic rings. The van der Waals surface area contributed by atoms with Gasteiger partial charge < -0.3 is 10.2 Å². The summed E-state index contributed by atoms with van der Waals surface area (Å²) in [6, 6.07) is 1.74. The molecular formula is C22H35N3O2. The van der Waals surface area contributed by atoms with Crippen molar-refractivity contribution in [3.8, 4) is 6.07 Å². The van der Waals surface area contributed by atoms with Crippen LogP contribution < -0.4 is 5.32 Å². The quantitative estimate of drug-likeness (QED) is 0.749. The summed E-state index contributed by atoms with van der Waals surface area (Å²) >= 11 is 0. The number of likely N-dealkylation sites (tertiary alicyclic amines) is 1. The van der Waals surface area contributed by atoms with Crippen molar-refractivity contribution < 1.29 is 9.59 Å². The third-order valence-electron chi connectivity index (χ3n) is 7.02. The van der Waals surface area contributed by atoms with E-state index in [0.29, 0.717) is 17.8 Å². The van der Waals surface area contributed by atoms with Crippen LogP contribution in [-0.2, 0) is 4.79 Å². The number of rotatable bonds is 6. The summed E-state index contributed by atoms with van der Waals surface area (Å²) in [5.41, 5.74) is 0.0167. The highest BCUT2D eigenvalue weighted by Gasteiger charge is 2.46. The van der Waals surface area contributed by atoms with E-state index in [1.54, 1.807) is 0 Å². The summed E-state index contributed by atoms with van der Waals surface area (Å²) in [7, 11) is 0. The maximum absolute atomic E-state index is 12.8. The molecule has 0 aromatic carbocycles. The predicted molar refractivity (Wildman–Crippen MR) is 105 cm³/mol. The second-order valence-corrected chi connectivity index (χ2v) is 9.71. The lowest BCUT2D eigenvalue weighted by molar-refractivity contribution is -0.122. The molecule has 0 radical (unpaired) electrons. The normalized spacial score (nSPS) is 24.3. The first-order chi connectivity index (χ1) is 12.9. The molecule has 2 amide bonds. The minimum absolute atomic E-state index is 0.0249. The highest BCUT2D eigenvalue weighted by Crippen LogP contribution is 2.48. The minimum Gasteiger partial charge on any atom is -0.328 e. The van der Waals surface area contributed by atoms with Gasteiger partial charge in [-0.2, -0.15) is 5.26 Å². The number of carbonyl (C=O) groups is 2. The molecule has 1 heterocycles. The topological polar surface area (TPSA) is 73.2 Å². The first-order valence-corrected chi connectivity index (χ1v) is 10.9. The Balaban J connectivity index is 1.54. The molecule has 3 fully saturated rings. The SMILES string of the molecule is CC(C)CC(NC(=O)N1CCC2(CCCCC2)CC1)C(=O)CC1(C#N)CC1. The standard InChI is InChI=1S/C22H35N3O2/c1-17(2)14-18(19(26)15-22(16-23)8-9-22)24-20(27)25-12-10-21(11-13-25)6-4-3-5-7-21/h17-18H,3-15H2,1-2H3,(H,24,27). The van der Waals surface area contributed by atoms with E-state index in [0.717, 1.165) is 38.8 Å². The van der Waals surface area contributed by atoms with Gasteiger partial charge in [0.05, 0.1) is 17.5 Å². The Hall–Kier alpha value is -1.57. The number of hydrogen-bond acceptors (Lipinski definition) is 3. The zero-order valence-electron chi connectivity index (χ0n) is 17.1. The lowest BCUT2D eigenvalue weighted by Crippen LogP contribution is -2.52. The Kier molecular flexibility index (Phi) is 6.13. The van der Waals surface area contributed by atoms with Gasteiger partial charge in [-0.15, -0.1) is 0 Å². The van der Waals surface area contributed by atoms with Crippen molar-refractivity contribution >= 4 is 11.8 Å². The number of ketones is 1. The Morgan fingerprint density at radius 1 is 1.04 bits per heavy atom. The van der Waals surface area contributed by atoms with Crippen molar-refractivity contribution in [1.29, 1.82) is 5.26 Å². The van der Waals surface area contributed by atoms with Crippen molar-refractivity contribution in [3.63, 3.8) is 0 Å². The van der Waals surface area contributed by atoms with E-state index in [-0.39, 0.29) is 18.2 Å². The van der Waals surface area contributed by atoms with Gasteiger partial charge in [0, 0.05) is 19.5 Å². The molecule has 2 saturated carbocycles. The smallest absolute Gasteiger partial charge is 0.317 e. The number of piperidine rings is 1. The molecule has 3 rings (SSSR count). The first kappa shape index (κ1) is 20.2. The van der Waals surface area contributed by atoms with E-state index >= 15 is 0 Å². The number of carbonyl (C=O) groups excluding carboxylic acids is 2. The molecule has 1 unspecified atom stereocenters. The number of urea groups is 1. The molecule has 1 atom stereocenters. The van der Waals surface area contributed by atoms with Gasteiger partial charge in [-0.1, -0.05) is 33.1 Å². The maximum atomic E-state index is 12.8. The summed E-state index contributed by atoms with van der Waals surface area (Å²) in [5.74, 6) is 0.347. The van der Waals surface area contributed by atoms with Crippen LogP contribution in [0.1, 0.15) is 84.5 Å². The summed E-state index contributed by atoms with van der Waals surface area (Å²) < 4.78 is 0. The highest BCUT2D eigenvalue weighted by atomic mass is 16.2. The number of Topliss-reactive ketones (excluding diaryl/α,β-unsaturated/α-hetero) is 1. The maximum Gasteiger partial charge on any atom is 0.317 e. The number of nitrogens with zero attached hydrogens (tertiary/aromatic N) is 2. The predicted octanol–water partition coefficient (Wildman–Crippen LogP) is 4.42. The second-order valence-electron chi connectivity index (χ2n) is 9.71. The zero-order valence-corrected chi connectivity index (χ0v) is 17.1. The van der Waals surface area contributed by atoms with Gasteiger partial charge in [0.1, 0.15) is 0 Å². The Morgan fingerprint density at radius 2 is 1.67 bits per heavy atom. The van der Waals surface area contributed by atoms with Crippen LogP contribution in [0.15, 0.2) is 0 Å². The molecule has 150 valence electrons. The van der Waals surface area contributed by atoms with Gasteiger partial charge in [0.2, 0.25) is 0 Å². The molecule has 5 nitrogen and oxygen atoms in total. The highest BCUT2D eigenvalue weighted by molar-refractivity contribution is 5.89. The summed E-state index contributed by atoms with van der Waals surface area (Å²) in [6.07, 6.45) is 11.4. The summed E-state index contributed by atoms with van der Waals surface area (Å²) in [4.78, 5) is 27.5. The molecule has 27 heavy (non-hydrogen) atoms. The van der Waals surface area contributed by atoms with Crippen molar-refractivity contribution in [2.24, 2.45) is 16.7 Å². The zero-order chi connectivity index (χ0) is 19.5. The van der Waals surface area contributed by atoms with Crippen LogP contribution >= 0.6 is 0 Å². The van der Waals surface area contributed by atoms with E-state index in [4.69, 9.17) is 0 Å². The van der Waals surface area contributed by atoms with Gasteiger partial charge in [0.15, 0.2) is 5.78 Å². The fourth-order valence-electron chi connectivity index (χ4n) is 4.90. The number of amides is 2. The molecule has 1 N–H and O–H groups in total. The van der Waals surface area contributed by atoms with Crippen molar-refractivity contribution in [2.45, 2.75) is 90.5 Å². The largest absolute Gasteiger partial charge is 0.328 e. The molecular weight excluding hydrogens is 338 g/mol. The van der Waals surface area contributed by atoms with Crippen molar-refractivity contribution in [2.75, 3.05) is 13.1 Å². The second kappa shape index (κ2) is 8.20. The lowest BCUT2D eigenvalue weighted by Gasteiger charge is -2.44. The fraction of sp³-hybridized carbons (Fsp3) is 0.864. The number of nitrogens with one attached hydrogen (secondary N) is 1. The van der Waals surface area contributed by atoms with Crippen LogP contribution in [0.2, 0.25) is 0 Å². The molecule has 1 aliphatic heterocycles. The van der Waals surface area contributed by atoms with Crippen LogP contribution in [0, 0.1) is 28.1 Å². The Morgan fingerprint density at radius 3 is 2.19 bits per heavy atom. The first-order valence-electron chi connectivity index (χ1n) is 10.9. The molecule has 1 spiro atoms. The van der Waals surface area contributed by atoms with Crippen LogP contribution in [0.25, 0.3) is 0 Å². The van der Waals surface area contributed by atoms with E-state index in [9.17, 15) is 14.9 Å². The number of hydrogen-bond donors (Lipinski definition) is 1. The molecule has 0 aromatic heterocycles. The van der Waals surface area contributed by atoms with Crippen LogP contribution in [0.5, 0.6) is 0 Å². The average Bonchev–Trinajstić information content (AvgIpc) is 3.42. The van der Waals surface area contributed by atoms with Gasteiger partial charge in [-0.3, -0.25) is 4.79 Å². The van der Waals surface area contributed by atoms with Crippen LogP contribution in [0.4, 0.5) is 4.79 Å². The van der Waals surface area contributed by atoms with Crippen molar-refractivity contribution in [3.05, 3.63) is 0 Å². The van der Waals surface area contributed by atoms with E-state index < -0.39 is 11.5 Å². The van der Waals surface area contributed by atoms with Gasteiger partial charge >= 0.3 is 6.03 Å². The third kappa shape index (κ3) is 5.03. The fourth-order valence-corrected chi connectivity index (χ4v) is 4.90. The molecule has 0 bridgehead atoms. The average molecular weight is 374 g/mol. The number of nitriles is 1. The molecule has 1 saturated heterocycles.